The molecule has 0 unspecified atom stereocenters. The highest BCUT2D eigenvalue weighted by atomic mass is 32.2. The molecule has 136 valence electrons. The SMILES string of the molecule is COc1ccc(S(=O)(=O)Nc2ccc(Nc3cc(C)on3)cn2)cc1C. The van der Waals surface area contributed by atoms with Crippen molar-refractivity contribution in [3.63, 3.8) is 0 Å². The topological polar surface area (TPSA) is 106 Å². The molecule has 0 amide bonds. The van der Waals surface area contributed by atoms with Crippen LogP contribution in [0.4, 0.5) is 17.3 Å². The summed E-state index contributed by atoms with van der Waals surface area (Å²) in [5, 5.41) is 6.83. The van der Waals surface area contributed by atoms with Crippen LogP contribution < -0.4 is 14.8 Å². The van der Waals surface area contributed by atoms with Crippen LogP contribution in [-0.4, -0.2) is 25.7 Å². The number of nitrogens with one attached hydrogen (secondary N) is 2. The molecule has 26 heavy (non-hydrogen) atoms. The third kappa shape index (κ3) is 3.94. The zero-order chi connectivity index (χ0) is 18.7. The van der Waals surface area contributed by atoms with Crippen molar-refractivity contribution in [1.29, 1.82) is 0 Å². The first-order chi connectivity index (χ1) is 12.4. The molecule has 0 saturated carbocycles. The Hall–Kier alpha value is -3.07. The summed E-state index contributed by atoms with van der Waals surface area (Å²) in [5.74, 6) is 2.06. The average Bonchev–Trinajstić information content (AvgIpc) is 3.01. The predicted octanol–water partition coefficient (Wildman–Crippen LogP) is 3.24. The van der Waals surface area contributed by atoms with Crippen LogP contribution in [0.2, 0.25) is 0 Å². The Morgan fingerprint density at radius 1 is 1.08 bits per heavy atom. The quantitative estimate of drug-likeness (QED) is 0.682. The highest BCUT2D eigenvalue weighted by Crippen LogP contribution is 2.23. The van der Waals surface area contributed by atoms with E-state index in [1.165, 1.54) is 19.4 Å². The number of sulfonamides is 1. The molecule has 0 aliphatic heterocycles. The van der Waals surface area contributed by atoms with Gasteiger partial charge in [-0.25, -0.2) is 13.4 Å². The van der Waals surface area contributed by atoms with E-state index in [9.17, 15) is 8.42 Å². The molecule has 1 aromatic carbocycles. The number of aryl methyl sites for hydroxylation is 2. The van der Waals surface area contributed by atoms with E-state index < -0.39 is 10.0 Å². The van der Waals surface area contributed by atoms with E-state index in [0.717, 1.165) is 5.56 Å². The highest BCUT2D eigenvalue weighted by molar-refractivity contribution is 7.92. The van der Waals surface area contributed by atoms with Gasteiger partial charge in [0, 0.05) is 6.07 Å². The molecule has 3 rings (SSSR count). The fourth-order valence-corrected chi connectivity index (χ4v) is 3.41. The molecular formula is C17H18N4O4S. The molecule has 0 atom stereocenters. The van der Waals surface area contributed by atoms with Crippen LogP contribution in [0.25, 0.3) is 0 Å². The third-order valence-corrected chi connectivity index (χ3v) is 4.93. The molecule has 2 heterocycles. The van der Waals surface area contributed by atoms with E-state index in [4.69, 9.17) is 9.26 Å². The molecule has 0 saturated heterocycles. The number of hydrogen-bond acceptors (Lipinski definition) is 7. The van der Waals surface area contributed by atoms with Gasteiger partial charge in [0.1, 0.15) is 17.3 Å². The molecule has 3 aromatic rings. The molecule has 0 bridgehead atoms. The summed E-state index contributed by atoms with van der Waals surface area (Å²) >= 11 is 0. The Kier molecular flexibility index (Phi) is 4.81. The average molecular weight is 374 g/mol. The summed E-state index contributed by atoms with van der Waals surface area (Å²) in [7, 11) is -2.21. The number of ether oxygens (including phenoxy) is 1. The van der Waals surface area contributed by atoms with Crippen molar-refractivity contribution in [3.05, 3.63) is 53.9 Å². The van der Waals surface area contributed by atoms with Gasteiger partial charge in [-0.05, 0) is 49.7 Å². The molecule has 9 heteroatoms. The van der Waals surface area contributed by atoms with Crippen LogP contribution in [0.1, 0.15) is 11.3 Å². The van der Waals surface area contributed by atoms with Gasteiger partial charge >= 0.3 is 0 Å². The Balaban J connectivity index is 1.74. The smallest absolute Gasteiger partial charge is 0.263 e. The van der Waals surface area contributed by atoms with E-state index in [1.807, 2.05) is 0 Å². The Morgan fingerprint density at radius 2 is 1.88 bits per heavy atom. The third-order valence-electron chi connectivity index (χ3n) is 3.58. The number of pyridine rings is 1. The van der Waals surface area contributed by atoms with Gasteiger partial charge in [-0.3, -0.25) is 4.72 Å². The molecule has 2 N–H and O–H groups in total. The lowest BCUT2D eigenvalue weighted by Crippen LogP contribution is -2.14. The largest absolute Gasteiger partial charge is 0.496 e. The summed E-state index contributed by atoms with van der Waals surface area (Å²) in [6.07, 6.45) is 1.50. The number of methoxy groups -OCH3 is 1. The molecule has 2 aromatic heterocycles. The fraction of sp³-hybridized carbons (Fsp3) is 0.176. The van der Waals surface area contributed by atoms with E-state index in [-0.39, 0.29) is 10.7 Å². The first-order valence-electron chi connectivity index (χ1n) is 7.71. The van der Waals surface area contributed by atoms with Gasteiger partial charge in [0.15, 0.2) is 5.82 Å². The van der Waals surface area contributed by atoms with E-state index in [2.05, 4.69) is 20.2 Å². The van der Waals surface area contributed by atoms with Gasteiger partial charge in [0.05, 0.1) is 23.9 Å². The maximum Gasteiger partial charge on any atom is 0.263 e. The van der Waals surface area contributed by atoms with Gasteiger partial charge < -0.3 is 14.6 Å². The van der Waals surface area contributed by atoms with Gasteiger partial charge in [-0.1, -0.05) is 5.16 Å². The Bertz CT molecular complexity index is 1010. The van der Waals surface area contributed by atoms with E-state index in [1.54, 1.807) is 44.2 Å². The second kappa shape index (κ2) is 7.04. The molecule has 0 aliphatic carbocycles. The minimum atomic E-state index is -3.75. The summed E-state index contributed by atoms with van der Waals surface area (Å²) in [4.78, 5) is 4.25. The van der Waals surface area contributed by atoms with Crippen LogP contribution in [0.3, 0.4) is 0 Å². The van der Waals surface area contributed by atoms with Crippen LogP contribution in [0.15, 0.2) is 52.0 Å². The van der Waals surface area contributed by atoms with E-state index >= 15 is 0 Å². The van der Waals surface area contributed by atoms with Crippen molar-refractivity contribution in [1.82, 2.24) is 10.1 Å². The molecule has 0 spiro atoms. The van der Waals surface area contributed by atoms with Gasteiger partial charge in [0.25, 0.3) is 10.0 Å². The van der Waals surface area contributed by atoms with Crippen molar-refractivity contribution in [3.8, 4) is 5.75 Å². The minimum Gasteiger partial charge on any atom is -0.496 e. The minimum absolute atomic E-state index is 0.137. The second-order valence-corrected chi connectivity index (χ2v) is 7.30. The van der Waals surface area contributed by atoms with Crippen LogP contribution >= 0.6 is 0 Å². The van der Waals surface area contributed by atoms with Crippen LogP contribution in [0.5, 0.6) is 5.75 Å². The van der Waals surface area contributed by atoms with Gasteiger partial charge in [-0.2, -0.15) is 0 Å². The number of hydrogen-bond donors (Lipinski definition) is 2. The maximum absolute atomic E-state index is 12.5. The van der Waals surface area contributed by atoms with Gasteiger partial charge in [-0.15, -0.1) is 0 Å². The molecule has 0 fully saturated rings. The number of anilines is 3. The number of aromatic nitrogens is 2. The summed E-state index contributed by atoms with van der Waals surface area (Å²) in [6, 6.07) is 9.63. The van der Waals surface area contributed by atoms with Crippen molar-refractivity contribution in [2.24, 2.45) is 0 Å². The van der Waals surface area contributed by atoms with Gasteiger partial charge in [0.2, 0.25) is 0 Å². The lowest BCUT2D eigenvalue weighted by molar-refractivity contribution is 0.400. The molecule has 0 aliphatic rings. The number of rotatable bonds is 6. The molecule has 8 nitrogen and oxygen atoms in total. The summed E-state index contributed by atoms with van der Waals surface area (Å²) in [6.45, 7) is 3.57. The number of nitrogens with zero attached hydrogens (tertiary/aromatic N) is 2. The standard InChI is InChI=1S/C17H18N4O4S/c1-11-8-14(5-6-15(11)24-3)26(22,23)21-16-7-4-13(10-18-16)19-17-9-12(2)25-20-17/h4-10H,1-3H3,(H,18,21)(H,19,20). The van der Waals surface area contributed by atoms with Crippen LogP contribution in [0, 0.1) is 13.8 Å². The maximum atomic E-state index is 12.5. The Morgan fingerprint density at radius 3 is 2.46 bits per heavy atom. The lowest BCUT2D eigenvalue weighted by Gasteiger charge is -2.10. The van der Waals surface area contributed by atoms with Crippen molar-refractivity contribution >= 4 is 27.3 Å². The van der Waals surface area contributed by atoms with Crippen molar-refractivity contribution in [2.45, 2.75) is 18.7 Å². The zero-order valence-electron chi connectivity index (χ0n) is 14.5. The molecule has 0 radical (unpaired) electrons. The van der Waals surface area contributed by atoms with Crippen LogP contribution in [-0.2, 0) is 10.0 Å². The fourth-order valence-electron chi connectivity index (χ4n) is 2.32. The monoisotopic (exact) mass is 374 g/mol. The molecular weight excluding hydrogens is 356 g/mol. The van der Waals surface area contributed by atoms with Crippen molar-refractivity contribution in [2.75, 3.05) is 17.1 Å². The zero-order valence-corrected chi connectivity index (χ0v) is 15.3. The predicted molar refractivity (Wildman–Crippen MR) is 97.3 cm³/mol. The number of benzene rings is 1. The highest BCUT2D eigenvalue weighted by Gasteiger charge is 2.16. The normalized spacial score (nSPS) is 11.2. The van der Waals surface area contributed by atoms with Crippen molar-refractivity contribution < 1.29 is 17.7 Å². The lowest BCUT2D eigenvalue weighted by atomic mass is 10.2. The summed E-state index contributed by atoms with van der Waals surface area (Å²) in [5.41, 5.74) is 1.38. The first-order valence-corrected chi connectivity index (χ1v) is 9.19. The first kappa shape index (κ1) is 17.7. The van der Waals surface area contributed by atoms with E-state index in [0.29, 0.717) is 23.0 Å². The second-order valence-electron chi connectivity index (χ2n) is 5.62. The Labute approximate surface area is 151 Å². The summed E-state index contributed by atoms with van der Waals surface area (Å²) < 4.78 is 37.6.